The fraction of sp³-hybridized carbons (Fsp3) is 0.833. The summed E-state index contributed by atoms with van der Waals surface area (Å²) in [6, 6.07) is 1.04. The predicted molar refractivity (Wildman–Crippen MR) is 68.3 cm³/mol. The Morgan fingerprint density at radius 2 is 2.06 bits per heavy atom. The van der Waals surface area contributed by atoms with Crippen LogP contribution in [0.3, 0.4) is 0 Å². The van der Waals surface area contributed by atoms with Crippen LogP contribution in [0.5, 0.6) is 0 Å². The third kappa shape index (κ3) is 2.57. The summed E-state index contributed by atoms with van der Waals surface area (Å²) in [6.45, 7) is 9.56. The van der Waals surface area contributed by atoms with Crippen LogP contribution in [0.15, 0.2) is 4.42 Å². The number of aromatic nitrogens is 2. The number of rotatable bonds is 2. The van der Waals surface area contributed by atoms with Gasteiger partial charge in [0.25, 0.3) is 0 Å². The number of hydrogen-bond acceptors (Lipinski definition) is 4. The van der Waals surface area contributed by atoms with Crippen molar-refractivity contribution in [3.05, 3.63) is 5.89 Å². The van der Waals surface area contributed by atoms with Crippen LogP contribution in [0, 0.1) is 11.8 Å². The van der Waals surface area contributed by atoms with Gasteiger partial charge in [-0.05, 0) is 32.1 Å². The van der Waals surface area contributed by atoms with Gasteiger partial charge in [0.2, 0.25) is 5.89 Å². The Kier molecular flexibility index (Phi) is 3.61. The third-order valence-electron chi connectivity index (χ3n) is 3.61. The summed E-state index contributed by atoms with van der Waals surface area (Å²) in [7, 11) is 0. The second-order valence-corrected chi connectivity index (χ2v) is 5.90. The van der Waals surface area contributed by atoms with Gasteiger partial charge in [0.05, 0.1) is 0 Å². The Morgan fingerprint density at radius 3 is 2.65 bits per heavy atom. The molecule has 4 atom stereocenters. The molecule has 1 fully saturated rings. The molecule has 96 valence electrons. The molecule has 0 radical (unpaired) electrons. The van der Waals surface area contributed by atoms with E-state index in [9.17, 15) is 0 Å². The molecule has 1 aliphatic heterocycles. The molecule has 0 N–H and O–H groups in total. The lowest BCUT2D eigenvalue weighted by Crippen LogP contribution is -2.46. The van der Waals surface area contributed by atoms with Gasteiger partial charge < -0.3 is 9.32 Å². The van der Waals surface area contributed by atoms with E-state index in [0.717, 1.165) is 6.54 Å². The fourth-order valence-corrected chi connectivity index (χ4v) is 2.56. The van der Waals surface area contributed by atoms with Crippen molar-refractivity contribution in [3.8, 4) is 0 Å². The van der Waals surface area contributed by atoms with Crippen LogP contribution in [0.25, 0.3) is 0 Å². The molecule has 0 spiro atoms. The smallest absolute Gasteiger partial charge is 0.318 e. The highest BCUT2D eigenvalue weighted by molar-refractivity contribution is 6.20. The van der Waals surface area contributed by atoms with E-state index in [1.165, 1.54) is 6.42 Å². The Bertz CT molecular complexity index is 380. The van der Waals surface area contributed by atoms with Crippen LogP contribution >= 0.6 is 11.6 Å². The molecule has 17 heavy (non-hydrogen) atoms. The van der Waals surface area contributed by atoms with Crippen molar-refractivity contribution in [2.24, 2.45) is 11.8 Å². The normalized spacial score (nSPS) is 31.6. The maximum atomic E-state index is 5.93. The van der Waals surface area contributed by atoms with Crippen molar-refractivity contribution in [1.29, 1.82) is 0 Å². The van der Waals surface area contributed by atoms with Crippen LogP contribution in [0.1, 0.15) is 45.4 Å². The molecule has 5 heteroatoms. The molecule has 1 saturated heterocycles. The quantitative estimate of drug-likeness (QED) is 0.763. The molecule has 2 rings (SSSR count). The average Bonchev–Trinajstić information content (AvgIpc) is 2.72. The average molecular weight is 258 g/mol. The first-order chi connectivity index (χ1) is 7.99. The van der Waals surface area contributed by atoms with Crippen molar-refractivity contribution in [1.82, 2.24) is 10.2 Å². The summed E-state index contributed by atoms with van der Waals surface area (Å²) in [5, 5.41) is 7.86. The molecule has 4 nitrogen and oxygen atoms in total. The number of hydrogen-bond donors (Lipinski definition) is 0. The number of piperidine rings is 1. The minimum Gasteiger partial charge on any atom is -0.406 e. The highest BCUT2D eigenvalue weighted by Gasteiger charge is 2.32. The van der Waals surface area contributed by atoms with Crippen LogP contribution in [0.2, 0.25) is 0 Å². The van der Waals surface area contributed by atoms with Gasteiger partial charge in [0.1, 0.15) is 5.38 Å². The molecule has 1 aliphatic rings. The Morgan fingerprint density at radius 1 is 1.35 bits per heavy atom. The summed E-state index contributed by atoms with van der Waals surface area (Å²) in [5.41, 5.74) is 0. The lowest BCUT2D eigenvalue weighted by molar-refractivity contribution is 0.282. The molecule has 1 aromatic heterocycles. The molecule has 0 aromatic carbocycles. The van der Waals surface area contributed by atoms with Crippen molar-refractivity contribution in [2.75, 3.05) is 11.4 Å². The maximum absolute atomic E-state index is 5.93. The van der Waals surface area contributed by atoms with E-state index in [1.54, 1.807) is 0 Å². The van der Waals surface area contributed by atoms with Crippen LogP contribution in [-0.4, -0.2) is 22.8 Å². The number of alkyl halides is 1. The van der Waals surface area contributed by atoms with E-state index < -0.39 is 0 Å². The molecule has 0 saturated carbocycles. The summed E-state index contributed by atoms with van der Waals surface area (Å²) in [6.07, 6.45) is 1.25. The van der Waals surface area contributed by atoms with Gasteiger partial charge in [-0.15, -0.1) is 16.7 Å². The predicted octanol–water partition coefficient (Wildman–Crippen LogP) is 3.24. The summed E-state index contributed by atoms with van der Waals surface area (Å²) >= 11 is 5.93. The topological polar surface area (TPSA) is 42.2 Å². The Labute approximate surface area is 107 Å². The van der Waals surface area contributed by atoms with Crippen molar-refractivity contribution < 1.29 is 4.42 Å². The van der Waals surface area contributed by atoms with Gasteiger partial charge >= 0.3 is 6.01 Å². The maximum Gasteiger partial charge on any atom is 0.318 e. The second kappa shape index (κ2) is 4.84. The van der Waals surface area contributed by atoms with Crippen LogP contribution in [-0.2, 0) is 0 Å². The SMILES string of the molecule is CC1CC(C)C(C)N(c2nnc(C(C)Cl)o2)C1. The van der Waals surface area contributed by atoms with Gasteiger partial charge in [-0.3, -0.25) is 0 Å². The van der Waals surface area contributed by atoms with Gasteiger partial charge in [0.15, 0.2) is 0 Å². The largest absolute Gasteiger partial charge is 0.406 e. The number of halogens is 1. The Hall–Kier alpha value is -0.770. The van der Waals surface area contributed by atoms with Gasteiger partial charge in [0, 0.05) is 12.6 Å². The second-order valence-electron chi connectivity index (χ2n) is 5.25. The summed E-state index contributed by atoms with van der Waals surface area (Å²) < 4.78 is 5.62. The molecule has 0 bridgehead atoms. The highest BCUT2D eigenvalue weighted by Crippen LogP contribution is 2.31. The summed E-state index contributed by atoms with van der Waals surface area (Å²) in [4.78, 5) is 2.20. The zero-order valence-corrected chi connectivity index (χ0v) is 11.6. The molecule has 0 amide bonds. The van der Waals surface area contributed by atoms with Gasteiger partial charge in [-0.2, -0.15) is 0 Å². The first kappa shape index (κ1) is 12.7. The van der Waals surface area contributed by atoms with Crippen LogP contribution < -0.4 is 4.90 Å². The zero-order valence-electron chi connectivity index (χ0n) is 10.9. The first-order valence-electron chi connectivity index (χ1n) is 6.23. The monoisotopic (exact) mass is 257 g/mol. The Balaban J connectivity index is 2.19. The standard InChI is InChI=1S/C12H20ClN3O/c1-7-5-8(2)10(4)16(6-7)12-15-14-11(17-12)9(3)13/h7-10H,5-6H2,1-4H3. The minimum atomic E-state index is -0.230. The van der Waals surface area contributed by atoms with Crippen molar-refractivity contribution in [2.45, 2.75) is 45.5 Å². The molecular weight excluding hydrogens is 238 g/mol. The molecule has 2 heterocycles. The van der Waals surface area contributed by atoms with E-state index in [1.807, 2.05) is 6.92 Å². The van der Waals surface area contributed by atoms with E-state index in [-0.39, 0.29) is 5.38 Å². The molecule has 4 unspecified atom stereocenters. The third-order valence-corrected chi connectivity index (χ3v) is 3.80. The number of anilines is 1. The van der Waals surface area contributed by atoms with Gasteiger partial charge in [-0.25, -0.2) is 0 Å². The lowest BCUT2D eigenvalue weighted by Gasteiger charge is -2.39. The van der Waals surface area contributed by atoms with E-state index in [0.29, 0.717) is 29.8 Å². The molecule has 1 aromatic rings. The summed E-state index contributed by atoms with van der Waals surface area (Å²) in [5.74, 6) is 1.80. The minimum absolute atomic E-state index is 0.230. The van der Waals surface area contributed by atoms with Gasteiger partial charge in [-0.1, -0.05) is 18.9 Å². The lowest BCUT2D eigenvalue weighted by atomic mass is 9.86. The number of nitrogens with zero attached hydrogens (tertiary/aromatic N) is 3. The van der Waals surface area contributed by atoms with Crippen molar-refractivity contribution >= 4 is 17.6 Å². The first-order valence-corrected chi connectivity index (χ1v) is 6.66. The highest BCUT2D eigenvalue weighted by atomic mass is 35.5. The molecule has 0 aliphatic carbocycles. The molecular formula is C12H20ClN3O. The van der Waals surface area contributed by atoms with Crippen molar-refractivity contribution in [3.63, 3.8) is 0 Å². The van der Waals surface area contributed by atoms with E-state index >= 15 is 0 Å². The zero-order chi connectivity index (χ0) is 12.6. The van der Waals surface area contributed by atoms with E-state index in [4.69, 9.17) is 16.0 Å². The van der Waals surface area contributed by atoms with E-state index in [2.05, 4.69) is 35.9 Å². The van der Waals surface area contributed by atoms with Crippen LogP contribution in [0.4, 0.5) is 6.01 Å². The fourth-order valence-electron chi connectivity index (χ4n) is 2.47.